The summed E-state index contributed by atoms with van der Waals surface area (Å²) in [5.74, 6) is -0.802. The molecule has 0 aliphatic rings. The lowest BCUT2D eigenvalue weighted by Crippen LogP contribution is -2.51. The quantitative estimate of drug-likeness (QED) is 0.616. The summed E-state index contributed by atoms with van der Waals surface area (Å²) in [5.41, 5.74) is 1.82. The average Bonchev–Trinajstić information content (AvgIpc) is 2.71. The highest BCUT2D eigenvalue weighted by atomic mass is 35.5. The number of nitrogens with one attached hydrogen (secondary N) is 1. The van der Waals surface area contributed by atoms with Crippen molar-refractivity contribution in [1.82, 2.24) is 10.2 Å². The molecule has 0 aliphatic heterocycles. The molecule has 0 saturated heterocycles. The first-order chi connectivity index (χ1) is 14.5. The Hall–Kier alpha value is -2.58. The summed E-state index contributed by atoms with van der Waals surface area (Å²) in [6.45, 7) is 5.31. The van der Waals surface area contributed by atoms with Crippen LogP contribution in [0.4, 0.5) is 5.69 Å². The predicted octanol–water partition coefficient (Wildman–Crippen LogP) is 2.97. The van der Waals surface area contributed by atoms with E-state index < -0.39 is 28.5 Å². The van der Waals surface area contributed by atoms with Crippen LogP contribution in [0.15, 0.2) is 48.5 Å². The Bertz CT molecular complexity index is 1030. The van der Waals surface area contributed by atoms with Crippen LogP contribution in [-0.2, 0) is 26.2 Å². The van der Waals surface area contributed by atoms with Crippen molar-refractivity contribution in [2.75, 3.05) is 23.7 Å². The standard InChI is InChI=1S/C22H28ClN3O4S/c1-5-24-22(28)17(3)25(14-18-9-7-6-8-10-18)21(27)15-26(31(4,29)30)20-13-19(23)12-11-16(20)2/h6-13,17H,5,14-15H2,1-4H3,(H,24,28). The second-order valence-electron chi connectivity index (χ2n) is 7.28. The summed E-state index contributed by atoms with van der Waals surface area (Å²) in [6, 6.07) is 13.3. The monoisotopic (exact) mass is 465 g/mol. The molecule has 0 fully saturated rings. The van der Waals surface area contributed by atoms with Crippen LogP contribution in [0.3, 0.4) is 0 Å². The third-order valence-corrected chi connectivity index (χ3v) is 6.19. The molecule has 0 aliphatic carbocycles. The van der Waals surface area contributed by atoms with Crippen LogP contribution >= 0.6 is 11.6 Å². The zero-order chi connectivity index (χ0) is 23.2. The van der Waals surface area contributed by atoms with Crippen molar-refractivity contribution >= 4 is 39.1 Å². The second kappa shape index (κ2) is 10.6. The van der Waals surface area contributed by atoms with Crippen LogP contribution in [0.1, 0.15) is 25.0 Å². The predicted molar refractivity (Wildman–Crippen MR) is 124 cm³/mol. The fourth-order valence-corrected chi connectivity index (χ4v) is 4.20. The highest BCUT2D eigenvalue weighted by molar-refractivity contribution is 7.92. The van der Waals surface area contributed by atoms with E-state index >= 15 is 0 Å². The highest BCUT2D eigenvalue weighted by Gasteiger charge is 2.30. The largest absolute Gasteiger partial charge is 0.355 e. The highest BCUT2D eigenvalue weighted by Crippen LogP contribution is 2.26. The van der Waals surface area contributed by atoms with Gasteiger partial charge in [0.25, 0.3) is 0 Å². The Balaban J connectivity index is 2.41. The van der Waals surface area contributed by atoms with Crippen LogP contribution in [0.2, 0.25) is 5.02 Å². The summed E-state index contributed by atoms with van der Waals surface area (Å²) in [4.78, 5) is 27.2. The zero-order valence-corrected chi connectivity index (χ0v) is 19.7. The number of sulfonamides is 1. The smallest absolute Gasteiger partial charge is 0.244 e. The molecular weight excluding hydrogens is 438 g/mol. The lowest BCUT2D eigenvalue weighted by Gasteiger charge is -2.31. The molecule has 2 aromatic carbocycles. The molecule has 1 atom stereocenters. The lowest BCUT2D eigenvalue weighted by molar-refractivity contribution is -0.139. The fourth-order valence-electron chi connectivity index (χ4n) is 3.13. The van der Waals surface area contributed by atoms with E-state index in [2.05, 4.69) is 5.32 Å². The number of nitrogens with zero attached hydrogens (tertiary/aromatic N) is 2. The van der Waals surface area contributed by atoms with Gasteiger partial charge in [-0.25, -0.2) is 8.42 Å². The molecule has 1 unspecified atom stereocenters. The molecule has 0 saturated carbocycles. The molecule has 0 aromatic heterocycles. The van der Waals surface area contributed by atoms with Crippen LogP contribution in [0, 0.1) is 6.92 Å². The van der Waals surface area contributed by atoms with Crippen LogP contribution in [0.5, 0.6) is 0 Å². The summed E-state index contributed by atoms with van der Waals surface area (Å²) in [5, 5.41) is 3.08. The summed E-state index contributed by atoms with van der Waals surface area (Å²) in [7, 11) is -3.79. The van der Waals surface area contributed by atoms with Crippen LogP contribution in [-0.4, -0.2) is 50.5 Å². The molecule has 2 rings (SSSR count). The van der Waals surface area contributed by atoms with E-state index in [0.29, 0.717) is 22.8 Å². The number of carbonyl (C=O) groups is 2. The topological polar surface area (TPSA) is 86.8 Å². The first kappa shape index (κ1) is 24.7. The van der Waals surface area contributed by atoms with Gasteiger partial charge < -0.3 is 10.2 Å². The van der Waals surface area contributed by atoms with Gasteiger partial charge in [-0.3, -0.25) is 13.9 Å². The van der Waals surface area contributed by atoms with E-state index in [4.69, 9.17) is 11.6 Å². The van der Waals surface area contributed by atoms with Gasteiger partial charge in [0.1, 0.15) is 12.6 Å². The van der Waals surface area contributed by atoms with Crippen LogP contribution in [0.25, 0.3) is 0 Å². The first-order valence-corrected chi connectivity index (χ1v) is 12.1. The molecular formula is C22H28ClN3O4S. The van der Waals surface area contributed by atoms with Crippen molar-refractivity contribution in [2.45, 2.75) is 33.4 Å². The van der Waals surface area contributed by atoms with Gasteiger partial charge in [0.05, 0.1) is 11.9 Å². The van der Waals surface area contributed by atoms with Crippen molar-refractivity contribution in [1.29, 1.82) is 0 Å². The van der Waals surface area contributed by atoms with Gasteiger partial charge in [-0.05, 0) is 44.0 Å². The van der Waals surface area contributed by atoms with Crippen molar-refractivity contribution in [2.24, 2.45) is 0 Å². The molecule has 0 heterocycles. The van der Waals surface area contributed by atoms with E-state index in [1.54, 1.807) is 32.9 Å². The molecule has 7 nitrogen and oxygen atoms in total. The molecule has 2 amide bonds. The number of hydrogen-bond acceptors (Lipinski definition) is 4. The Labute approximate surface area is 189 Å². The maximum Gasteiger partial charge on any atom is 0.244 e. The molecule has 2 aromatic rings. The number of hydrogen-bond donors (Lipinski definition) is 1. The number of benzene rings is 2. The van der Waals surface area contributed by atoms with Crippen molar-refractivity contribution < 1.29 is 18.0 Å². The Morgan fingerprint density at radius 2 is 1.77 bits per heavy atom. The van der Waals surface area contributed by atoms with Crippen molar-refractivity contribution in [3.63, 3.8) is 0 Å². The minimum absolute atomic E-state index is 0.171. The van der Waals surface area contributed by atoms with Gasteiger partial charge in [-0.1, -0.05) is 48.0 Å². The molecule has 31 heavy (non-hydrogen) atoms. The number of rotatable bonds is 9. The number of carbonyl (C=O) groups excluding carboxylic acids is 2. The molecule has 0 bridgehead atoms. The molecule has 0 radical (unpaired) electrons. The summed E-state index contributed by atoms with van der Waals surface area (Å²) in [6.07, 6.45) is 1.04. The number of likely N-dealkylation sites (N-methyl/N-ethyl adjacent to an activating group) is 1. The number of anilines is 1. The van der Waals surface area contributed by atoms with Gasteiger partial charge in [-0.2, -0.15) is 0 Å². The minimum Gasteiger partial charge on any atom is -0.355 e. The van der Waals surface area contributed by atoms with Gasteiger partial charge >= 0.3 is 0 Å². The maximum absolute atomic E-state index is 13.3. The lowest BCUT2D eigenvalue weighted by atomic mass is 10.1. The summed E-state index contributed by atoms with van der Waals surface area (Å²) < 4.78 is 26.1. The van der Waals surface area contributed by atoms with E-state index in [9.17, 15) is 18.0 Å². The first-order valence-electron chi connectivity index (χ1n) is 9.89. The van der Waals surface area contributed by atoms with E-state index in [0.717, 1.165) is 16.1 Å². The van der Waals surface area contributed by atoms with Crippen LogP contribution < -0.4 is 9.62 Å². The summed E-state index contributed by atoms with van der Waals surface area (Å²) >= 11 is 6.07. The normalized spacial score (nSPS) is 12.2. The van der Waals surface area contributed by atoms with E-state index in [-0.39, 0.29) is 12.5 Å². The molecule has 168 valence electrons. The van der Waals surface area contributed by atoms with Gasteiger partial charge in [-0.15, -0.1) is 0 Å². The third-order valence-electron chi connectivity index (χ3n) is 4.83. The van der Waals surface area contributed by atoms with E-state index in [1.807, 2.05) is 30.3 Å². The Morgan fingerprint density at radius 3 is 2.35 bits per heavy atom. The number of amides is 2. The number of halogens is 1. The van der Waals surface area contributed by atoms with E-state index in [1.165, 1.54) is 11.0 Å². The zero-order valence-electron chi connectivity index (χ0n) is 18.1. The third kappa shape index (κ3) is 6.70. The van der Waals surface area contributed by atoms with Crippen molar-refractivity contribution in [3.05, 3.63) is 64.7 Å². The molecule has 9 heteroatoms. The Morgan fingerprint density at radius 1 is 1.13 bits per heavy atom. The molecule has 1 N–H and O–H groups in total. The minimum atomic E-state index is -3.79. The van der Waals surface area contributed by atoms with Crippen molar-refractivity contribution in [3.8, 4) is 0 Å². The number of aryl methyl sites for hydroxylation is 1. The maximum atomic E-state index is 13.3. The second-order valence-corrected chi connectivity index (χ2v) is 9.62. The van der Waals surface area contributed by atoms with Gasteiger partial charge in [0.2, 0.25) is 21.8 Å². The SMILES string of the molecule is CCNC(=O)C(C)N(Cc1ccccc1)C(=O)CN(c1cc(Cl)ccc1C)S(C)(=O)=O. The molecule has 0 spiro atoms. The van der Waals surface area contributed by atoms with Gasteiger partial charge in [0.15, 0.2) is 0 Å². The fraction of sp³-hybridized carbons (Fsp3) is 0.364. The average molecular weight is 466 g/mol. The van der Waals surface area contributed by atoms with Gasteiger partial charge in [0, 0.05) is 18.1 Å². The Kier molecular flexibility index (Phi) is 8.47.